The maximum atomic E-state index is 12.4. The van der Waals surface area contributed by atoms with E-state index in [1.54, 1.807) is 48.6 Å². The van der Waals surface area contributed by atoms with Crippen LogP contribution in [-0.2, 0) is 4.74 Å². The molecule has 1 N–H and O–H groups in total. The molecule has 1 aromatic heterocycles. The zero-order valence-electron chi connectivity index (χ0n) is 17.1. The van der Waals surface area contributed by atoms with Crippen molar-refractivity contribution in [3.8, 4) is 16.9 Å². The van der Waals surface area contributed by atoms with Gasteiger partial charge in [0.25, 0.3) is 0 Å². The summed E-state index contributed by atoms with van der Waals surface area (Å²) < 4.78 is 11.4. The van der Waals surface area contributed by atoms with Crippen molar-refractivity contribution < 1.29 is 24.2 Å². The molecule has 1 aliphatic rings. The number of likely N-dealkylation sites (N-methyl/N-ethyl adjacent to an activating group) is 1. The molecule has 0 unspecified atom stereocenters. The number of amides is 1. The number of hydrogen-bond donors (Lipinski definition) is 1. The van der Waals surface area contributed by atoms with E-state index >= 15 is 0 Å². The maximum absolute atomic E-state index is 12.4. The minimum Gasteiger partial charge on any atom is -0.490 e. The van der Waals surface area contributed by atoms with Gasteiger partial charge in [0.15, 0.2) is 0 Å². The highest BCUT2D eigenvalue weighted by molar-refractivity contribution is 5.88. The van der Waals surface area contributed by atoms with Gasteiger partial charge in [0.1, 0.15) is 18.0 Å². The number of carboxylic acids is 1. The van der Waals surface area contributed by atoms with Crippen LogP contribution in [-0.4, -0.2) is 51.8 Å². The Morgan fingerprint density at radius 1 is 1.14 bits per heavy atom. The summed E-state index contributed by atoms with van der Waals surface area (Å²) in [5.41, 5.74) is 0.998. The molecule has 0 saturated heterocycles. The van der Waals surface area contributed by atoms with Crippen LogP contribution in [0.4, 0.5) is 4.79 Å². The standard InChI is InChI=1S/C22H26N2O5/c1-21(2,3)29-20(27)24(4)22(9-10-22)14-28-18-11-17(12-23-13-18)15-5-7-16(8-6-15)19(25)26/h5-8,11-13H,9-10,14H2,1-4H3,(H,25,26). The number of carbonyl (C=O) groups is 2. The highest BCUT2D eigenvalue weighted by Gasteiger charge is 2.50. The number of carboxylic acid groups (broad SMARTS) is 1. The summed E-state index contributed by atoms with van der Waals surface area (Å²) in [7, 11) is 1.74. The van der Waals surface area contributed by atoms with Crippen LogP contribution in [0.2, 0.25) is 0 Å². The molecule has 154 valence electrons. The zero-order valence-corrected chi connectivity index (χ0v) is 17.1. The zero-order chi connectivity index (χ0) is 21.2. The van der Waals surface area contributed by atoms with Gasteiger partial charge >= 0.3 is 12.1 Å². The Labute approximate surface area is 170 Å². The molecule has 0 radical (unpaired) electrons. The summed E-state index contributed by atoms with van der Waals surface area (Å²) in [5.74, 6) is -0.371. The Morgan fingerprint density at radius 3 is 2.34 bits per heavy atom. The lowest BCUT2D eigenvalue weighted by molar-refractivity contribution is 0.0139. The van der Waals surface area contributed by atoms with Gasteiger partial charge in [-0.1, -0.05) is 12.1 Å². The average Bonchev–Trinajstić information content (AvgIpc) is 3.46. The number of pyridine rings is 1. The molecule has 1 heterocycles. The number of ether oxygens (including phenoxy) is 2. The molecule has 1 aliphatic carbocycles. The molecule has 1 amide bonds. The van der Waals surface area contributed by atoms with Crippen molar-refractivity contribution in [3.63, 3.8) is 0 Å². The minimum atomic E-state index is -0.962. The third kappa shape index (κ3) is 5.04. The SMILES string of the molecule is CN(C(=O)OC(C)(C)C)C1(COc2cncc(-c3ccc(C(=O)O)cc3)c2)CC1. The summed E-state index contributed by atoms with van der Waals surface area (Å²) in [6, 6.07) is 8.44. The Bertz CT molecular complexity index is 898. The number of aromatic carboxylic acids is 1. The molecule has 7 heteroatoms. The van der Waals surface area contributed by atoms with Gasteiger partial charge in [-0.15, -0.1) is 0 Å². The number of aromatic nitrogens is 1. The van der Waals surface area contributed by atoms with Crippen molar-refractivity contribution in [1.29, 1.82) is 0 Å². The third-order valence-corrected chi connectivity index (χ3v) is 4.89. The lowest BCUT2D eigenvalue weighted by Gasteiger charge is -2.30. The monoisotopic (exact) mass is 398 g/mol. The number of benzene rings is 1. The van der Waals surface area contributed by atoms with Gasteiger partial charge < -0.3 is 19.5 Å². The van der Waals surface area contributed by atoms with Gasteiger partial charge in [0, 0.05) is 18.8 Å². The molecule has 0 aliphatic heterocycles. The van der Waals surface area contributed by atoms with Gasteiger partial charge in [0.2, 0.25) is 0 Å². The molecular weight excluding hydrogens is 372 g/mol. The first-order chi connectivity index (χ1) is 13.6. The second-order valence-electron chi connectivity index (χ2n) is 8.34. The van der Waals surface area contributed by atoms with Crippen molar-refractivity contribution in [2.45, 2.75) is 44.8 Å². The van der Waals surface area contributed by atoms with Crippen LogP contribution in [0.3, 0.4) is 0 Å². The van der Waals surface area contributed by atoms with E-state index in [-0.39, 0.29) is 17.2 Å². The lowest BCUT2D eigenvalue weighted by Crippen LogP contribution is -2.45. The number of hydrogen-bond acceptors (Lipinski definition) is 5. The van der Waals surface area contributed by atoms with Crippen molar-refractivity contribution in [3.05, 3.63) is 48.3 Å². The van der Waals surface area contributed by atoms with E-state index in [1.807, 2.05) is 26.8 Å². The molecule has 1 aromatic carbocycles. The van der Waals surface area contributed by atoms with E-state index in [0.29, 0.717) is 12.4 Å². The molecule has 1 fully saturated rings. The Balaban J connectivity index is 1.66. The Hall–Kier alpha value is -3.09. The Morgan fingerprint density at radius 2 is 1.79 bits per heavy atom. The summed E-state index contributed by atoms with van der Waals surface area (Å²) in [4.78, 5) is 29.2. The predicted molar refractivity (Wildman–Crippen MR) is 108 cm³/mol. The van der Waals surface area contributed by atoms with Crippen LogP contribution in [0, 0.1) is 0 Å². The van der Waals surface area contributed by atoms with E-state index in [0.717, 1.165) is 24.0 Å². The van der Waals surface area contributed by atoms with E-state index in [1.165, 1.54) is 0 Å². The number of rotatable bonds is 6. The van der Waals surface area contributed by atoms with Crippen LogP contribution in [0.5, 0.6) is 5.75 Å². The third-order valence-electron chi connectivity index (χ3n) is 4.89. The maximum Gasteiger partial charge on any atom is 0.410 e. The molecule has 7 nitrogen and oxygen atoms in total. The van der Waals surface area contributed by atoms with E-state index in [2.05, 4.69) is 4.98 Å². The quantitative estimate of drug-likeness (QED) is 0.783. The van der Waals surface area contributed by atoms with Gasteiger partial charge in [-0.25, -0.2) is 9.59 Å². The first-order valence-electron chi connectivity index (χ1n) is 9.48. The predicted octanol–water partition coefficient (Wildman–Crippen LogP) is 4.23. The fraction of sp³-hybridized carbons (Fsp3) is 0.409. The highest BCUT2D eigenvalue weighted by atomic mass is 16.6. The summed E-state index contributed by atoms with van der Waals surface area (Å²) in [5, 5.41) is 9.02. The molecular formula is C22H26N2O5. The van der Waals surface area contributed by atoms with E-state index in [9.17, 15) is 9.59 Å². The average molecular weight is 398 g/mol. The van der Waals surface area contributed by atoms with Crippen molar-refractivity contribution in [1.82, 2.24) is 9.88 Å². The molecule has 0 spiro atoms. The fourth-order valence-electron chi connectivity index (χ4n) is 2.92. The normalized spacial score (nSPS) is 14.8. The van der Waals surface area contributed by atoms with Crippen LogP contribution < -0.4 is 4.74 Å². The first kappa shape index (κ1) is 20.6. The van der Waals surface area contributed by atoms with Gasteiger partial charge in [-0.2, -0.15) is 0 Å². The summed E-state index contributed by atoms with van der Waals surface area (Å²) >= 11 is 0. The van der Waals surface area contributed by atoms with Crippen molar-refractivity contribution in [2.24, 2.45) is 0 Å². The van der Waals surface area contributed by atoms with Crippen molar-refractivity contribution >= 4 is 12.1 Å². The molecule has 2 aromatic rings. The summed E-state index contributed by atoms with van der Waals surface area (Å²) in [6.07, 6.45) is 4.67. The topological polar surface area (TPSA) is 89.0 Å². The highest BCUT2D eigenvalue weighted by Crippen LogP contribution is 2.42. The van der Waals surface area contributed by atoms with Crippen LogP contribution in [0.1, 0.15) is 44.0 Å². The van der Waals surface area contributed by atoms with Crippen molar-refractivity contribution in [2.75, 3.05) is 13.7 Å². The van der Waals surface area contributed by atoms with E-state index < -0.39 is 11.6 Å². The second kappa shape index (κ2) is 7.73. The largest absolute Gasteiger partial charge is 0.490 e. The molecule has 0 bridgehead atoms. The van der Waals surface area contributed by atoms with Gasteiger partial charge in [0.05, 0.1) is 17.3 Å². The first-order valence-corrected chi connectivity index (χ1v) is 9.48. The molecule has 1 saturated carbocycles. The van der Waals surface area contributed by atoms with Crippen LogP contribution in [0.15, 0.2) is 42.7 Å². The Kier molecular flexibility index (Phi) is 5.50. The molecule has 29 heavy (non-hydrogen) atoms. The second-order valence-corrected chi connectivity index (χ2v) is 8.34. The summed E-state index contributed by atoms with van der Waals surface area (Å²) in [6.45, 7) is 5.88. The van der Waals surface area contributed by atoms with Gasteiger partial charge in [-0.05, 0) is 57.4 Å². The minimum absolute atomic E-state index is 0.231. The van der Waals surface area contributed by atoms with E-state index in [4.69, 9.17) is 14.6 Å². The smallest absolute Gasteiger partial charge is 0.410 e. The van der Waals surface area contributed by atoms with Gasteiger partial charge in [-0.3, -0.25) is 4.98 Å². The fourth-order valence-corrected chi connectivity index (χ4v) is 2.92. The number of carbonyl (C=O) groups excluding carboxylic acids is 1. The molecule has 0 atom stereocenters. The number of nitrogens with zero attached hydrogens (tertiary/aromatic N) is 2. The molecule has 3 rings (SSSR count). The van der Waals surface area contributed by atoms with Crippen LogP contribution in [0.25, 0.3) is 11.1 Å². The van der Waals surface area contributed by atoms with Crippen LogP contribution >= 0.6 is 0 Å². The lowest BCUT2D eigenvalue weighted by atomic mass is 10.1.